The van der Waals surface area contributed by atoms with E-state index < -0.39 is 0 Å². The molecule has 0 aliphatic heterocycles. The molecule has 0 aliphatic carbocycles. The topological polar surface area (TPSA) is 50.9 Å². The molecule has 2 aromatic rings. The van der Waals surface area contributed by atoms with E-state index in [1.165, 1.54) is 0 Å². The van der Waals surface area contributed by atoms with E-state index in [9.17, 15) is 0 Å². The van der Waals surface area contributed by atoms with Gasteiger partial charge in [0.1, 0.15) is 5.69 Å². The van der Waals surface area contributed by atoms with E-state index >= 15 is 0 Å². The highest BCUT2D eigenvalue weighted by Crippen LogP contribution is 2.13. The van der Waals surface area contributed by atoms with Gasteiger partial charge < -0.3 is 5.11 Å². The molecule has 0 unspecified atom stereocenters. The van der Waals surface area contributed by atoms with Crippen molar-refractivity contribution in [2.75, 3.05) is 0 Å². The number of aromatic nitrogens is 3. The van der Waals surface area contributed by atoms with E-state index in [0.29, 0.717) is 10.7 Å². The quantitative estimate of drug-likeness (QED) is 0.907. The summed E-state index contributed by atoms with van der Waals surface area (Å²) in [7, 11) is 1.79. The third-order valence-corrected chi connectivity index (χ3v) is 2.65. The number of hydrogen-bond acceptors (Lipinski definition) is 3. The van der Waals surface area contributed by atoms with Crippen LogP contribution in [0.2, 0.25) is 5.02 Å². The van der Waals surface area contributed by atoms with Gasteiger partial charge in [0.2, 0.25) is 0 Å². The second-order valence-corrected chi connectivity index (χ2v) is 4.02. The van der Waals surface area contributed by atoms with Gasteiger partial charge in [-0.25, -0.2) is 4.68 Å². The fourth-order valence-corrected chi connectivity index (χ4v) is 1.60. The van der Waals surface area contributed by atoms with Gasteiger partial charge in [-0.3, -0.25) is 0 Å². The van der Waals surface area contributed by atoms with Crippen molar-refractivity contribution in [3.63, 3.8) is 0 Å². The number of aryl methyl sites for hydroxylation is 1. The number of aliphatic hydroxyl groups is 1. The molecule has 0 saturated carbocycles. The molecule has 1 aromatic carbocycles. The van der Waals surface area contributed by atoms with Crippen molar-refractivity contribution in [3.05, 3.63) is 46.2 Å². The molecule has 0 atom stereocenters. The second kappa shape index (κ2) is 5.12. The van der Waals surface area contributed by atoms with Gasteiger partial charge in [0.25, 0.3) is 0 Å². The zero-order chi connectivity index (χ0) is 12.3. The number of hydrogen-bond donors (Lipinski definition) is 1. The summed E-state index contributed by atoms with van der Waals surface area (Å²) in [6.45, 7) is -0.117. The second-order valence-electron chi connectivity index (χ2n) is 3.59. The summed E-state index contributed by atoms with van der Waals surface area (Å²) in [6.07, 6.45) is 3.79. The van der Waals surface area contributed by atoms with Gasteiger partial charge >= 0.3 is 0 Å². The molecule has 1 heterocycles. The molecule has 1 N–H and O–H groups in total. The van der Waals surface area contributed by atoms with Crippen LogP contribution in [0.4, 0.5) is 0 Å². The van der Waals surface area contributed by atoms with E-state index in [1.54, 1.807) is 11.7 Å². The van der Waals surface area contributed by atoms with Gasteiger partial charge in [-0.15, -0.1) is 5.10 Å². The Hall–Kier alpha value is -1.65. The molecule has 5 heteroatoms. The minimum absolute atomic E-state index is 0.117. The molecular formula is C12H12ClN3O. The smallest absolute Gasteiger partial charge is 0.115 e. The van der Waals surface area contributed by atoms with E-state index in [1.807, 2.05) is 36.4 Å². The van der Waals surface area contributed by atoms with Crippen molar-refractivity contribution in [2.24, 2.45) is 7.05 Å². The Labute approximate surface area is 104 Å². The van der Waals surface area contributed by atoms with Gasteiger partial charge in [0.05, 0.1) is 12.3 Å². The Bertz CT molecular complexity index is 531. The molecule has 0 radical (unpaired) electrons. The first kappa shape index (κ1) is 11.8. The summed E-state index contributed by atoms with van der Waals surface area (Å²) in [4.78, 5) is 0. The van der Waals surface area contributed by atoms with Crippen molar-refractivity contribution < 1.29 is 5.11 Å². The molecule has 0 amide bonds. The fourth-order valence-electron chi connectivity index (χ4n) is 1.47. The Kier molecular flexibility index (Phi) is 3.56. The van der Waals surface area contributed by atoms with Crippen LogP contribution in [0.15, 0.2) is 24.3 Å². The molecule has 1 aromatic heterocycles. The molecule has 0 aliphatic rings. The normalized spacial score (nSPS) is 11.2. The Morgan fingerprint density at radius 1 is 1.29 bits per heavy atom. The lowest BCUT2D eigenvalue weighted by Crippen LogP contribution is -1.94. The number of nitrogens with zero attached hydrogens (tertiary/aromatic N) is 3. The third kappa shape index (κ3) is 2.72. The van der Waals surface area contributed by atoms with Crippen molar-refractivity contribution in [2.45, 2.75) is 6.61 Å². The fraction of sp³-hybridized carbons (Fsp3) is 0.167. The summed E-state index contributed by atoms with van der Waals surface area (Å²) in [5, 5.41) is 17.5. The average Bonchev–Trinajstić information content (AvgIpc) is 2.69. The first-order valence-electron chi connectivity index (χ1n) is 5.14. The van der Waals surface area contributed by atoms with E-state index in [0.717, 1.165) is 11.3 Å². The first-order valence-corrected chi connectivity index (χ1v) is 5.51. The molecule has 0 bridgehead atoms. The number of aliphatic hydroxyl groups excluding tert-OH is 1. The summed E-state index contributed by atoms with van der Waals surface area (Å²) in [6, 6.07) is 7.49. The maximum absolute atomic E-state index is 9.10. The molecule has 0 spiro atoms. The largest absolute Gasteiger partial charge is 0.390 e. The number of halogens is 1. The Morgan fingerprint density at radius 3 is 2.65 bits per heavy atom. The van der Waals surface area contributed by atoms with E-state index in [4.69, 9.17) is 16.7 Å². The van der Waals surface area contributed by atoms with Crippen LogP contribution in [-0.2, 0) is 13.7 Å². The van der Waals surface area contributed by atoms with Crippen LogP contribution >= 0.6 is 11.6 Å². The SMILES string of the molecule is Cn1nnc(CO)c1/C=C/c1ccc(Cl)cc1. The molecule has 2 rings (SSSR count). The zero-order valence-electron chi connectivity index (χ0n) is 9.34. The van der Waals surface area contributed by atoms with Gasteiger partial charge in [-0.1, -0.05) is 35.0 Å². The van der Waals surface area contributed by atoms with E-state index in [2.05, 4.69) is 10.3 Å². The highest BCUT2D eigenvalue weighted by molar-refractivity contribution is 6.30. The van der Waals surface area contributed by atoms with Gasteiger partial charge in [-0.05, 0) is 23.8 Å². The predicted octanol–water partition coefficient (Wildman–Crippen LogP) is 2.13. The molecule has 0 saturated heterocycles. The average molecular weight is 250 g/mol. The number of benzene rings is 1. The summed E-state index contributed by atoms with van der Waals surface area (Å²) in [5.41, 5.74) is 2.39. The summed E-state index contributed by atoms with van der Waals surface area (Å²) in [5.74, 6) is 0. The number of rotatable bonds is 3. The highest BCUT2D eigenvalue weighted by atomic mass is 35.5. The monoisotopic (exact) mass is 249 g/mol. The van der Waals surface area contributed by atoms with Gasteiger partial charge in [0.15, 0.2) is 0 Å². The highest BCUT2D eigenvalue weighted by Gasteiger charge is 2.05. The van der Waals surface area contributed by atoms with Crippen LogP contribution in [-0.4, -0.2) is 20.1 Å². The maximum atomic E-state index is 9.10. The van der Waals surface area contributed by atoms with Gasteiger partial charge in [0, 0.05) is 12.1 Å². The molecule has 17 heavy (non-hydrogen) atoms. The van der Waals surface area contributed by atoms with Crippen LogP contribution in [0.3, 0.4) is 0 Å². The van der Waals surface area contributed by atoms with Crippen LogP contribution < -0.4 is 0 Å². The summed E-state index contributed by atoms with van der Waals surface area (Å²) >= 11 is 5.80. The predicted molar refractivity (Wildman–Crippen MR) is 67.3 cm³/mol. The van der Waals surface area contributed by atoms with Crippen LogP contribution in [0.25, 0.3) is 12.2 Å². The zero-order valence-corrected chi connectivity index (χ0v) is 10.1. The molecule has 0 fully saturated rings. The van der Waals surface area contributed by atoms with Crippen molar-refractivity contribution >= 4 is 23.8 Å². The standard InChI is InChI=1S/C12H12ClN3O/c1-16-12(11(8-17)14-15-16)7-4-9-2-5-10(13)6-3-9/h2-7,17H,8H2,1H3/b7-4+. The lowest BCUT2D eigenvalue weighted by Gasteiger charge is -1.97. The first-order chi connectivity index (χ1) is 8.20. The lowest BCUT2D eigenvalue weighted by atomic mass is 10.2. The maximum Gasteiger partial charge on any atom is 0.115 e. The minimum Gasteiger partial charge on any atom is -0.390 e. The Balaban J connectivity index is 2.25. The lowest BCUT2D eigenvalue weighted by molar-refractivity contribution is 0.276. The van der Waals surface area contributed by atoms with Crippen LogP contribution in [0, 0.1) is 0 Å². The molecular weight excluding hydrogens is 238 g/mol. The minimum atomic E-state index is -0.117. The van der Waals surface area contributed by atoms with Crippen molar-refractivity contribution in [1.82, 2.24) is 15.0 Å². The van der Waals surface area contributed by atoms with Gasteiger partial charge in [-0.2, -0.15) is 0 Å². The van der Waals surface area contributed by atoms with Crippen LogP contribution in [0.5, 0.6) is 0 Å². The molecule has 4 nitrogen and oxygen atoms in total. The molecule has 88 valence electrons. The van der Waals surface area contributed by atoms with Crippen molar-refractivity contribution in [3.8, 4) is 0 Å². The Morgan fingerprint density at radius 2 is 2.00 bits per heavy atom. The van der Waals surface area contributed by atoms with Crippen molar-refractivity contribution in [1.29, 1.82) is 0 Å². The van der Waals surface area contributed by atoms with Crippen LogP contribution in [0.1, 0.15) is 17.0 Å². The summed E-state index contributed by atoms with van der Waals surface area (Å²) < 4.78 is 1.62. The third-order valence-electron chi connectivity index (χ3n) is 2.40. The van der Waals surface area contributed by atoms with E-state index in [-0.39, 0.29) is 6.61 Å².